The lowest BCUT2D eigenvalue weighted by Gasteiger charge is -2.17. The van der Waals surface area contributed by atoms with Crippen molar-refractivity contribution in [3.05, 3.63) is 47.3 Å². The minimum Gasteiger partial charge on any atom is -0.459 e. The number of nitrogens with one attached hydrogen (secondary N) is 2. The number of hydrogen-bond donors (Lipinski definition) is 2. The van der Waals surface area contributed by atoms with Gasteiger partial charge in [-0.05, 0) is 39.7 Å². The Morgan fingerprint density at radius 1 is 1.28 bits per heavy atom. The molecule has 0 saturated heterocycles. The maximum absolute atomic E-state index is 12.4. The first-order chi connectivity index (χ1) is 12.0. The van der Waals surface area contributed by atoms with E-state index in [9.17, 15) is 4.79 Å². The summed E-state index contributed by atoms with van der Waals surface area (Å²) in [6, 6.07) is 7.32. The number of fused-ring (bicyclic) bond motifs is 1. The smallest absolute Gasteiger partial charge is 0.316 e. The molecule has 0 bridgehead atoms. The average molecular weight is 340 g/mol. The van der Waals surface area contributed by atoms with Crippen LogP contribution in [0.15, 0.2) is 33.2 Å². The van der Waals surface area contributed by atoms with Crippen molar-refractivity contribution in [1.29, 1.82) is 0 Å². The minimum absolute atomic E-state index is 0.257. The van der Waals surface area contributed by atoms with Gasteiger partial charge in [0.25, 0.3) is 5.89 Å². The summed E-state index contributed by atoms with van der Waals surface area (Å²) in [5, 5.41) is 10.8. The number of furan rings is 1. The molecule has 7 heteroatoms. The van der Waals surface area contributed by atoms with Crippen LogP contribution < -0.4 is 10.6 Å². The van der Waals surface area contributed by atoms with Crippen LogP contribution in [0.4, 0.5) is 4.79 Å². The molecule has 0 radical (unpaired) electrons. The van der Waals surface area contributed by atoms with E-state index in [2.05, 4.69) is 20.8 Å². The Kier molecular flexibility index (Phi) is 3.52. The molecule has 0 aliphatic heterocycles. The molecule has 1 aliphatic carbocycles. The highest BCUT2D eigenvalue weighted by molar-refractivity contribution is 5.82. The molecular formula is C18H20N4O3. The number of amides is 2. The molecule has 2 aromatic heterocycles. The number of nitrogens with zero attached hydrogens (tertiary/aromatic N) is 2. The summed E-state index contributed by atoms with van der Waals surface area (Å²) in [6.45, 7) is 5.66. The van der Waals surface area contributed by atoms with Crippen LogP contribution in [-0.4, -0.2) is 16.2 Å². The van der Waals surface area contributed by atoms with Gasteiger partial charge in [-0.2, -0.15) is 4.98 Å². The molecule has 1 atom stereocenters. The quantitative estimate of drug-likeness (QED) is 0.758. The standard InChI is InChI=1S/C18H20N4O3/c1-10-13-6-4-5-7-14(13)24-15(10)11(2)19-17(23)21-18(8-9-18)16-20-12(3)22-25-16/h4-7,11H,8-9H2,1-3H3,(H2,19,21,23)/t11-/m1/s1. The fraction of sp³-hybridized carbons (Fsp3) is 0.389. The van der Waals surface area contributed by atoms with Gasteiger partial charge in [-0.1, -0.05) is 23.4 Å². The van der Waals surface area contributed by atoms with E-state index in [1.54, 1.807) is 6.92 Å². The van der Waals surface area contributed by atoms with Gasteiger partial charge in [-0.15, -0.1) is 0 Å². The third kappa shape index (κ3) is 2.75. The van der Waals surface area contributed by atoms with Crippen molar-refractivity contribution in [2.24, 2.45) is 0 Å². The summed E-state index contributed by atoms with van der Waals surface area (Å²) in [5.41, 5.74) is 1.33. The molecule has 2 N–H and O–H groups in total. The molecule has 0 unspecified atom stereocenters. The van der Waals surface area contributed by atoms with Crippen molar-refractivity contribution in [2.45, 2.75) is 45.2 Å². The molecule has 1 saturated carbocycles. The molecular weight excluding hydrogens is 320 g/mol. The largest absolute Gasteiger partial charge is 0.459 e. The van der Waals surface area contributed by atoms with E-state index in [0.717, 1.165) is 35.1 Å². The molecule has 1 aliphatic rings. The molecule has 1 fully saturated rings. The Balaban J connectivity index is 1.48. The highest BCUT2D eigenvalue weighted by atomic mass is 16.5. The van der Waals surface area contributed by atoms with E-state index >= 15 is 0 Å². The Morgan fingerprint density at radius 2 is 2.04 bits per heavy atom. The van der Waals surface area contributed by atoms with Gasteiger partial charge in [0.15, 0.2) is 5.82 Å². The Bertz CT molecular complexity index is 939. The van der Waals surface area contributed by atoms with Crippen molar-refractivity contribution in [3.8, 4) is 0 Å². The second-order valence-electron chi connectivity index (χ2n) is 6.64. The van der Waals surface area contributed by atoms with E-state index in [-0.39, 0.29) is 12.1 Å². The lowest BCUT2D eigenvalue weighted by Crippen LogP contribution is -2.43. The lowest BCUT2D eigenvalue weighted by atomic mass is 10.1. The Hall–Kier alpha value is -2.83. The SMILES string of the molecule is Cc1noc(C2(NC(=O)N[C@H](C)c3oc4ccccc4c3C)CC2)n1. The van der Waals surface area contributed by atoms with Crippen molar-refractivity contribution >= 4 is 17.0 Å². The highest BCUT2D eigenvalue weighted by Gasteiger charge is 2.51. The van der Waals surface area contributed by atoms with Crippen molar-refractivity contribution in [1.82, 2.24) is 20.8 Å². The van der Waals surface area contributed by atoms with Gasteiger partial charge in [-0.25, -0.2) is 4.79 Å². The number of carbonyl (C=O) groups is 1. The molecule has 4 rings (SSSR count). The van der Waals surface area contributed by atoms with Gasteiger partial charge in [0.1, 0.15) is 16.9 Å². The summed E-state index contributed by atoms with van der Waals surface area (Å²) in [5.74, 6) is 1.79. The monoisotopic (exact) mass is 340 g/mol. The van der Waals surface area contributed by atoms with E-state index in [1.165, 1.54) is 0 Å². The molecule has 2 amide bonds. The van der Waals surface area contributed by atoms with Crippen LogP contribution in [0.1, 0.15) is 48.8 Å². The highest BCUT2D eigenvalue weighted by Crippen LogP contribution is 2.44. The first kappa shape index (κ1) is 15.7. The van der Waals surface area contributed by atoms with Crippen LogP contribution in [0.2, 0.25) is 0 Å². The number of benzene rings is 1. The Morgan fingerprint density at radius 3 is 2.68 bits per heavy atom. The van der Waals surface area contributed by atoms with Gasteiger partial charge in [0.2, 0.25) is 0 Å². The maximum Gasteiger partial charge on any atom is 0.316 e. The normalized spacial score (nSPS) is 16.6. The number of hydrogen-bond acceptors (Lipinski definition) is 5. The molecule has 1 aromatic carbocycles. The summed E-state index contributed by atoms with van der Waals surface area (Å²) in [4.78, 5) is 16.7. The van der Waals surface area contributed by atoms with Gasteiger partial charge >= 0.3 is 6.03 Å². The second kappa shape index (κ2) is 5.61. The van der Waals surface area contributed by atoms with Crippen LogP contribution in [-0.2, 0) is 5.54 Å². The van der Waals surface area contributed by atoms with E-state index < -0.39 is 5.54 Å². The molecule has 130 valence electrons. The third-order valence-electron chi connectivity index (χ3n) is 4.66. The number of rotatable bonds is 4. The maximum atomic E-state index is 12.4. The first-order valence-electron chi connectivity index (χ1n) is 8.36. The van der Waals surface area contributed by atoms with Gasteiger partial charge in [0.05, 0.1) is 6.04 Å². The second-order valence-corrected chi connectivity index (χ2v) is 6.64. The number of aromatic nitrogens is 2. The minimum atomic E-state index is -0.534. The summed E-state index contributed by atoms with van der Waals surface area (Å²) >= 11 is 0. The van der Waals surface area contributed by atoms with Gasteiger partial charge < -0.3 is 19.6 Å². The molecule has 0 spiro atoms. The zero-order valence-electron chi connectivity index (χ0n) is 14.4. The number of aryl methyl sites for hydroxylation is 2. The van der Waals surface area contributed by atoms with E-state index in [1.807, 2.05) is 38.1 Å². The summed E-state index contributed by atoms with van der Waals surface area (Å²) in [7, 11) is 0. The van der Waals surface area contributed by atoms with Crippen molar-refractivity contribution in [3.63, 3.8) is 0 Å². The average Bonchev–Trinajstić information content (AvgIpc) is 3.08. The first-order valence-corrected chi connectivity index (χ1v) is 8.36. The third-order valence-corrected chi connectivity index (χ3v) is 4.66. The van der Waals surface area contributed by atoms with Gasteiger partial charge in [0, 0.05) is 10.9 Å². The fourth-order valence-corrected chi connectivity index (χ4v) is 3.13. The predicted octanol–water partition coefficient (Wildman–Crippen LogP) is 3.48. The van der Waals surface area contributed by atoms with Crippen molar-refractivity contribution < 1.29 is 13.7 Å². The van der Waals surface area contributed by atoms with Gasteiger partial charge in [-0.3, -0.25) is 0 Å². The van der Waals surface area contributed by atoms with Crippen LogP contribution in [0.25, 0.3) is 11.0 Å². The fourth-order valence-electron chi connectivity index (χ4n) is 3.13. The Labute approximate surface area is 144 Å². The van der Waals surface area contributed by atoms with E-state index in [4.69, 9.17) is 8.94 Å². The summed E-state index contributed by atoms with van der Waals surface area (Å²) in [6.07, 6.45) is 1.58. The van der Waals surface area contributed by atoms with Crippen LogP contribution in [0.3, 0.4) is 0 Å². The number of para-hydroxylation sites is 1. The van der Waals surface area contributed by atoms with Crippen LogP contribution >= 0.6 is 0 Å². The zero-order chi connectivity index (χ0) is 17.6. The molecule has 3 aromatic rings. The van der Waals surface area contributed by atoms with Crippen LogP contribution in [0.5, 0.6) is 0 Å². The zero-order valence-corrected chi connectivity index (χ0v) is 14.4. The number of urea groups is 1. The molecule has 25 heavy (non-hydrogen) atoms. The molecule has 7 nitrogen and oxygen atoms in total. The molecule has 2 heterocycles. The predicted molar refractivity (Wildman–Crippen MR) is 91.0 cm³/mol. The van der Waals surface area contributed by atoms with E-state index in [0.29, 0.717) is 11.7 Å². The van der Waals surface area contributed by atoms with Crippen molar-refractivity contribution in [2.75, 3.05) is 0 Å². The van der Waals surface area contributed by atoms with Crippen LogP contribution in [0, 0.1) is 13.8 Å². The lowest BCUT2D eigenvalue weighted by molar-refractivity contribution is 0.225. The summed E-state index contributed by atoms with van der Waals surface area (Å²) < 4.78 is 11.1. The topological polar surface area (TPSA) is 93.2 Å². The number of carbonyl (C=O) groups excluding carboxylic acids is 1.